The molecule has 160 valence electrons. The second kappa shape index (κ2) is 9.69. The van der Waals surface area contributed by atoms with Gasteiger partial charge in [-0.1, -0.05) is 0 Å². The van der Waals surface area contributed by atoms with E-state index in [1.807, 2.05) is 13.8 Å². The molecule has 1 aliphatic heterocycles. The number of rotatable bonds is 6. The van der Waals surface area contributed by atoms with Gasteiger partial charge >= 0.3 is 0 Å². The van der Waals surface area contributed by atoms with Gasteiger partial charge < -0.3 is 15.0 Å². The van der Waals surface area contributed by atoms with Crippen LogP contribution in [0.3, 0.4) is 0 Å². The van der Waals surface area contributed by atoms with Crippen LogP contribution in [0.4, 0.5) is 8.78 Å². The molecule has 1 heterocycles. The summed E-state index contributed by atoms with van der Waals surface area (Å²) in [5, 5.41) is 2.83. The second-order valence-corrected chi connectivity index (χ2v) is 7.85. The number of likely N-dealkylation sites (tertiary alicyclic amines) is 1. The van der Waals surface area contributed by atoms with Gasteiger partial charge in [0.15, 0.2) is 0 Å². The number of hydrogen-bond donors (Lipinski definition) is 1. The molecule has 1 atom stereocenters. The van der Waals surface area contributed by atoms with Crippen molar-refractivity contribution in [1.82, 2.24) is 10.2 Å². The number of hydrogen-bond acceptors (Lipinski definition) is 3. The molecular weight excluding hydrogens is 390 g/mol. The number of halogens is 2. The molecule has 1 saturated heterocycles. The molecule has 30 heavy (non-hydrogen) atoms. The summed E-state index contributed by atoms with van der Waals surface area (Å²) in [4.78, 5) is 26.2. The van der Waals surface area contributed by atoms with Crippen molar-refractivity contribution in [3.8, 4) is 5.75 Å². The van der Waals surface area contributed by atoms with Gasteiger partial charge in [-0.15, -0.1) is 0 Å². The lowest BCUT2D eigenvalue weighted by Gasteiger charge is -2.32. The highest BCUT2D eigenvalue weighted by molar-refractivity contribution is 5.95. The highest BCUT2D eigenvalue weighted by atomic mass is 19.1. The van der Waals surface area contributed by atoms with E-state index < -0.39 is 17.5 Å². The Morgan fingerprint density at radius 3 is 2.60 bits per heavy atom. The fraction of sp³-hybridized carbons (Fsp3) is 0.391. The van der Waals surface area contributed by atoms with E-state index in [1.165, 1.54) is 0 Å². The van der Waals surface area contributed by atoms with Crippen LogP contribution in [0.15, 0.2) is 42.5 Å². The zero-order valence-electron chi connectivity index (χ0n) is 17.2. The molecule has 0 saturated carbocycles. The topological polar surface area (TPSA) is 58.6 Å². The SMILES string of the molecule is CC(C)NC(=O)c1ccc(OCC2CCCN(C(=O)c3cc(F)ccc3F)C2)cc1. The monoisotopic (exact) mass is 416 g/mol. The molecule has 0 radical (unpaired) electrons. The average Bonchev–Trinajstić information content (AvgIpc) is 2.73. The maximum absolute atomic E-state index is 13.9. The quantitative estimate of drug-likeness (QED) is 0.773. The number of nitrogens with zero attached hydrogens (tertiary/aromatic N) is 1. The number of ether oxygens (including phenoxy) is 1. The van der Waals surface area contributed by atoms with Crippen molar-refractivity contribution in [1.29, 1.82) is 0 Å². The first-order chi connectivity index (χ1) is 14.3. The summed E-state index contributed by atoms with van der Waals surface area (Å²) in [6, 6.07) is 9.86. The summed E-state index contributed by atoms with van der Waals surface area (Å²) in [7, 11) is 0. The fourth-order valence-electron chi connectivity index (χ4n) is 3.48. The maximum atomic E-state index is 13.9. The van der Waals surface area contributed by atoms with Crippen molar-refractivity contribution < 1.29 is 23.1 Å². The van der Waals surface area contributed by atoms with E-state index in [0.717, 1.165) is 31.0 Å². The van der Waals surface area contributed by atoms with Gasteiger partial charge in [-0.2, -0.15) is 0 Å². The van der Waals surface area contributed by atoms with Gasteiger partial charge in [-0.05, 0) is 69.2 Å². The minimum absolute atomic E-state index is 0.0613. The standard InChI is InChI=1S/C23H26F2N2O3/c1-15(2)26-22(28)17-5-8-19(9-6-17)30-14-16-4-3-11-27(13-16)23(29)20-12-18(24)7-10-21(20)25/h5-10,12,15-16H,3-4,11,13-14H2,1-2H3,(H,26,28). The van der Waals surface area contributed by atoms with E-state index in [-0.39, 0.29) is 23.4 Å². The van der Waals surface area contributed by atoms with Crippen LogP contribution in [0.1, 0.15) is 47.4 Å². The van der Waals surface area contributed by atoms with Gasteiger partial charge in [0.25, 0.3) is 11.8 Å². The number of piperidine rings is 1. The summed E-state index contributed by atoms with van der Waals surface area (Å²) in [5.74, 6) is -1.28. The minimum atomic E-state index is -0.721. The van der Waals surface area contributed by atoms with Crippen molar-refractivity contribution in [2.45, 2.75) is 32.7 Å². The third-order valence-corrected chi connectivity index (χ3v) is 4.99. The largest absolute Gasteiger partial charge is 0.493 e. The molecule has 2 amide bonds. The van der Waals surface area contributed by atoms with E-state index in [0.29, 0.717) is 31.0 Å². The molecule has 7 heteroatoms. The first-order valence-corrected chi connectivity index (χ1v) is 10.1. The molecule has 3 rings (SSSR count). The van der Waals surface area contributed by atoms with Crippen LogP contribution < -0.4 is 10.1 Å². The molecule has 1 fully saturated rings. The molecule has 1 N–H and O–H groups in total. The molecule has 0 aromatic heterocycles. The molecule has 1 unspecified atom stereocenters. The van der Waals surface area contributed by atoms with Crippen LogP contribution in [0, 0.1) is 17.6 Å². The van der Waals surface area contributed by atoms with Crippen LogP contribution in [0.2, 0.25) is 0 Å². The summed E-state index contributed by atoms with van der Waals surface area (Å²) >= 11 is 0. The number of amides is 2. The maximum Gasteiger partial charge on any atom is 0.256 e. The molecule has 2 aromatic carbocycles. The third kappa shape index (κ3) is 5.55. The Morgan fingerprint density at radius 2 is 1.90 bits per heavy atom. The van der Waals surface area contributed by atoms with E-state index in [1.54, 1.807) is 29.2 Å². The van der Waals surface area contributed by atoms with Crippen molar-refractivity contribution in [3.05, 3.63) is 65.2 Å². The lowest BCUT2D eigenvalue weighted by Crippen LogP contribution is -2.41. The highest BCUT2D eigenvalue weighted by Crippen LogP contribution is 2.22. The summed E-state index contributed by atoms with van der Waals surface area (Å²) < 4.78 is 33.2. The molecule has 1 aliphatic rings. The molecule has 2 aromatic rings. The minimum Gasteiger partial charge on any atom is -0.493 e. The number of benzene rings is 2. The normalized spacial score (nSPS) is 16.4. The fourth-order valence-corrected chi connectivity index (χ4v) is 3.48. The Morgan fingerprint density at radius 1 is 1.17 bits per heavy atom. The number of carbonyl (C=O) groups is 2. The predicted molar refractivity (Wildman–Crippen MR) is 110 cm³/mol. The van der Waals surface area contributed by atoms with Gasteiger partial charge in [-0.3, -0.25) is 9.59 Å². The molecule has 0 bridgehead atoms. The zero-order valence-corrected chi connectivity index (χ0v) is 17.2. The zero-order chi connectivity index (χ0) is 21.7. The Kier molecular flexibility index (Phi) is 7.03. The summed E-state index contributed by atoms with van der Waals surface area (Å²) in [6.07, 6.45) is 1.65. The molecule has 0 spiro atoms. The van der Waals surface area contributed by atoms with E-state index in [9.17, 15) is 18.4 Å². The summed E-state index contributed by atoms with van der Waals surface area (Å²) in [5.41, 5.74) is 0.314. The van der Waals surface area contributed by atoms with Crippen LogP contribution in [0.25, 0.3) is 0 Å². The second-order valence-electron chi connectivity index (χ2n) is 7.85. The lowest BCUT2D eigenvalue weighted by molar-refractivity contribution is 0.0628. The van der Waals surface area contributed by atoms with Gasteiger partial charge in [0.2, 0.25) is 0 Å². The van der Waals surface area contributed by atoms with Crippen molar-refractivity contribution in [2.75, 3.05) is 19.7 Å². The van der Waals surface area contributed by atoms with Crippen molar-refractivity contribution in [3.63, 3.8) is 0 Å². The Hall–Kier alpha value is -2.96. The third-order valence-electron chi connectivity index (χ3n) is 4.99. The first kappa shape index (κ1) is 21.7. The van der Waals surface area contributed by atoms with E-state index in [4.69, 9.17) is 4.74 Å². The predicted octanol–water partition coefficient (Wildman–Crippen LogP) is 4.03. The Balaban J connectivity index is 1.56. The van der Waals surface area contributed by atoms with Gasteiger partial charge in [-0.25, -0.2) is 8.78 Å². The van der Waals surface area contributed by atoms with Crippen LogP contribution in [-0.4, -0.2) is 42.5 Å². The average molecular weight is 416 g/mol. The highest BCUT2D eigenvalue weighted by Gasteiger charge is 2.27. The molecule has 0 aliphatic carbocycles. The van der Waals surface area contributed by atoms with Crippen LogP contribution >= 0.6 is 0 Å². The summed E-state index contributed by atoms with van der Waals surface area (Å²) in [6.45, 7) is 5.12. The van der Waals surface area contributed by atoms with Crippen LogP contribution in [-0.2, 0) is 0 Å². The Labute approximate surface area is 175 Å². The van der Waals surface area contributed by atoms with Gasteiger partial charge in [0.1, 0.15) is 17.4 Å². The molecule has 5 nitrogen and oxygen atoms in total. The smallest absolute Gasteiger partial charge is 0.256 e. The molecular formula is C23H26F2N2O3. The lowest BCUT2D eigenvalue weighted by atomic mass is 9.98. The van der Waals surface area contributed by atoms with Crippen molar-refractivity contribution >= 4 is 11.8 Å². The number of nitrogens with one attached hydrogen (secondary N) is 1. The van der Waals surface area contributed by atoms with E-state index in [2.05, 4.69) is 5.32 Å². The van der Waals surface area contributed by atoms with Crippen LogP contribution in [0.5, 0.6) is 5.75 Å². The van der Waals surface area contributed by atoms with Gasteiger partial charge in [0.05, 0.1) is 12.2 Å². The first-order valence-electron chi connectivity index (χ1n) is 10.1. The Bertz CT molecular complexity index is 900. The number of carbonyl (C=O) groups excluding carboxylic acids is 2. The van der Waals surface area contributed by atoms with Gasteiger partial charge in [0, 0.05) is 30.6 Å². The van der Waals surface area contributed by atoms with Crippen molar-refractivity contribution in [2.24, 2.45) is 5.92 Å². The van der Waals surface area contributed by atoms with E-state index >= 15 is 0 Å².